The molecule has 2 aliphatic rings. The number of benzene rings is 2. The molecule has 0 spiro atoms. The van der Waals surface area contributed by atoms with E-state index in [1.807, 2.05) is 24.3 Å². The van der Waals surface area contributed by atoms with Crippen molar-refractivity contribution in [3.63, 3.8) is 0 Å². The zero-order chi connectivity index (χ0) is 22.0. The first kappa shape index (κ1) is 21.0. The van der Waals surface area contributed by atoms with Gasteiger partial charge in [0.05, 0.1) is 5.92 Å². The quantitative estimate of drug-likeness (QED) is 0.707. The van der Waals surface area contributed by atoms with Crippen molar-refractivity contribution in [3.05, 3.63) is 65.5 Å². The van der Waals surface area contributed by atoms with E-state index >= 15 is 0 Å². The molecule has 1 saturated heterocycles. The number of nitrogens with zero attached hydrogens (tertiary/aromatic N) is 2. The third kappa shape index (κ3) is 4.45. The number of para-hydroxylation sites is 1. The lowest BCUT2D eigenvalue weighted by Crippen LogP contribution is -2.43. The monoisotopic (exact) mass is 424 g/mol. The Balaban J connectivity index is 1.29. The Bertz CT molecular complexity index is 983. The van der Waals surface area contributed by atoms with Gasteiger partial charge in [-0.15, -0.1) is 0 Å². The third-order valence-electron chi connectivity index (χ3n) is 6.00. The van der Waals surface area contributed by atoms with Crippen LogP contribution in [0.15, 0.2) is 48.5 Å². The van der Waals surface area contributed by atoms with E-state index in [1.165, 1.54) is 24.3 Å². The lowest BCUT2D eigenvalue weighted by atomic mass is 9.96. The molecule has 2 amide bonds. The number of carbonyl (C=O) groups excluding carboxylic acids is 3. The molecule has 0 aliphatic carbocycles. The maximum absolute atomic E-state index is 13.1. The van der Waals surface area contributed by atoms with Gasteiger partial charge in [-0.05, 0) is 62.1 Å². The molecule has 31 heavy (non-hydrogen) atoms. The van der Waals surface area contributed by atoms with E-state index in [0.29, 0.717) is 38.0 Å². The molecule has 1 atom stereocenters. The SMILES string of the molecule is CC(OC(=O)C1CCN(C(=O)c2ccc(F)cc2)CC1)C(=O)N1CCc2ccccc21. The number of carbonyl (C=O) groups is 3. The standard InChI is InChI=1S/C24H25FN2O4/c1-16(22(28)27-15-12-17-4-2-3-5-21(17)27)31-24(30)19-10-13-26(14-11-19)23(29)18-6-8-20(25)9-7-18/h2-9,16,19H,10-15H2,1H3. The van der Waals surface area contributed by atoms with Crippen molar-refractivity contribution in [3.8, 4) is 0 Å². The Kier molecular flexibility index (Phi) is 6.02. The summed E-state index contributed by atoms with van der Waals surface area (Å²) in [4.78, 5) is 41.3. The zero-order valence-electron chi connectivity index (χ0n) is 17.4. The number of anilines is 1. The number of esters is 1. The summed E-state index contributed by atoms with van der Waals surface area (Å²) >= 11 is 0. The fraction of sp³-hybridized carbons (Fsp3) is 0.375. The fourth-order valence-electron chi connectivity index (χ4n) is 4.20. The van der Waals surface area contributed by atoms with Gasteiger partial charge in [0.2, 0.25) is 0 Å². The molecule has 2 aromatic carbocycles. The fourth-order valence-corrected chi connectivity index (χ4v) is 4.20. The van der Waals surface area contributed by atoms with Crippen LogP contribution in [0.3, 0.4) is 0 Å². The minimum absolute atomic E-state index is 0.178. The highest BCUT2D eigenvalue weighted by atomic mass is 19.1. The highest BCUT2D eigenvalue weighted by molar-refractivity contribution is 5.99. The van der Waals surface area contributed by atoms with Gasteiger partial charge in [0.15, 0.2) is 6.10 Å². The Morgan fingerprint density at radius 1 is 1.00 bits per heavy atom. The molecule has 0 saturated carbocycles. The molecule has 0 bridgehead atoms. The van der Waals surface area contributed by atoms with E-state index < -0.39 is 12.1 Å². The van der Waals surface area contributed by atoms with Gasteiger partial charge in [0, 0.05) is 30.9 Å². The number of piperidine rings is 1. The van der Waals surface area contributed by atoms with Gasteiger partial charge in [0.25, 0.3) is 11.8 Å². The van der Waals surface area contributed by atoms with Gasteiger partial charge in [-0.2, -0.15) is 0 Å². The lowest BCUT2D eigenvalue weighted by Gasteiger charge is -2.31. The number of halogens is 1. The summed E-state index contributed by atoms with van der Waals surface area (Å²) in [7, 11) is 0. The molecule has 1 fully saturated rings. The van der Waals surface area contributed by atoms with Crippen molar-refractivity contribution < 1.29 is 23.5 Å². The van der Waals surface area contributed by atoms with Crippen LogP contribution >= 0.6 is 0 Å². The third-order valence-corrected chi connectivity index (χ3v) is 6.00. The number of ether oxygens (including phenoxy) is 1. The van der Waals surface area contributed by atoms with E-state index in [-0.39, 0.29) is 23.5 Å². The first-order chi connectivity index (χ1) is 14.9. The number of fused-ring (bicyclic) bond motifs is 1. The molecule has 0 radical (unpaired) electrons. The van der Waals surface area contributed by atoms with Crippen molar-refractivity contribution >= 4 is 23.5 Å². The highest BCUT2D eigenvalue weighted by Gasteiger charge is 2.33. The summed E-state index contributed by atoms with van der Waals surface area (Å²) in [5.74, 6) is -1.54. The highest BCUT2D eigenvalue weighted by Crippen LogP contribution is 2.28. The predicted octanol–water partition coefficient (Wildman–Crippen LogP) is 3.20. The summed E-state index contributed by atoms with van der Waals surface area (Å²) in [6.07, 6.45) is 0.874. The molecule has 6 nitrogen and oxygen atoms in total. The van der Waals surface area contributed by atoms with E-state index in [4.69, 9.17) is 4.74 Å². The molecule has 1 unspecified atom stereocenters. The lowest BCUT2D eigenvalue weighted by molar-refractivity contribution is -0.159. The van der Waals surface area contributed by atoms with Crippen LogP contribution in [0.2, 0.25) is 0 Å². The van der Waals surface area contributed by atoms with Crippen molar-refractivity contribution in [2.75, 3.05) is 24.5 Å². The average Bonchev–Trinajstić information content (AvgIpc) is 3.23. The second kappa shape index (κ2) is 8.88. The minimum Gasteiger partial charge on any atom is -0.452 e. The van der Waals surface area contributed by atoms with Crippen LogP contribution in [0, 0.1) is 11.7 Å². The molecule has 2 aromatic rings. The van der Waals surface area contributed by atoms with Crippen molar-refractivity contribution in [2.45, 2.75) is 32.3 Å². The molecular formula is C24H25FN2O4. The van der Waals surface area contributed by atoms with Crippen LogP contribution in [-0.2, 0) is 20.7 Å². The number of likely N-dealkylation sites (tertiary alicyclic amines) is 1. The van der Waals surface area contributed by atoms with Gasteiger partial charge >= 0.3 is 5.97 Å². The first-order valence-corrected chi connectivity index (χ1v) is 10.6. The molecule has 2 aliphatic heterocycles. The van der Waals surface area contributed by atoms with Gasteiger partial charge in [-0.3, -0.25) is 14.4 Å². The second-order valence-electron chi connectivity index (χ2n) is 8.02. The van der Waals surface area contributed by atoms with Gasteiger partial charge in [-0.1, -0.05) is 18.2 Å². The van der Waals surface area contributed by atoms with Crippen molar-refractivity contribution in [2.24, 2.45) is 5.92 Å². The van der Waals surface area contributed by atoms with E-state index in [1.54, 1.807) is 16.7 Å². The van der Waals surface area contributed by atoms with Gasteiger partial charge in [0.1, 0.15) is 5.82 Å². The second-order valence-corrected chi connectivity index (χ2v) is 8.02. The average molecular weight is 424 g/mol. The number of rotatable bonds is 4. The molecule has 2 heterocycles. The Labute approximate surface area is 180 Å². The van der Waals surface area contributed by atoms with Gasteiger partial charge in [-0.25, -0.2) is 4.39 Å². The molecule has 162 valence electrons. The van der Waals surface area contributed by atoms with Crippen molar-refractivity contribution in [1.29, 1.82) is 0 Å². The van der Waals surface area contributed by atoms with Crippen LogP contribution in [0.5, 0.6) is 0 Å². The van der Waals surface area contributed by atoms with Crippen LogP contribution in [0.4, 0.5) is 10.1 Å². The molecule has 4 rings (SSSR count). The summed E-state index contributed by atoms with van der Waals surface area (Å²) in [6, 6.07) is 13.2. The van der Waals surface area contributed by atoms with Crippen LogP contribution in [0.25, 0.3) is 0 Å². The molecule has 7 heteroatoms. The molecular weight excluding hydrogens is 399 g/mol. The number of hydrogen-bond acceptors (Lipinski definition) is 4. The van der Waals surface area contributed by atoms with Crippen molar-refractivity contribution in [1.82, 2.24) is 4.90 Å². The molecule has 0 aromatic heterocycles. The largest absolute Gasteiger partial charge is 0.452 e. The van der Waals surface area contributed by atoms with E-state index in [2.05, 4.69) is 0 Å². The molecule has 0 N–H and O–H groups in total. The topological polar surface area (TPSA) is 66.9 Å². The summed E-state index contributed by atoms with van der Waals surface area (Å²) < 4.78 is 18.6. The smallest absolute Gasteiger partial charge is 0.309 e. The van der Waals surface area contributed by atoms with Crippen LogP contribution < -0.4 is 4.90 Å². The number of hydrogen-bond donors (Lipinski definition) is 0. The maximum atomic E-state index is 13.1. The summed E-state index contributed by atoms with van der Waals surface area (Å²) in [5.41, 5.74) is 2.42. The van der Waals surface area contributed by atoms with Crippen LogP contribution in [-0.4, -0.2) is 48.4 Å². The summed E-state index contributed by atoms with van der Waals surface area (Å²) in [5, 5.41) is 0. The Morgan fingerprint density at radius 2 is 1.68 bits per heavy atom. The number of amides is 2. The summed E-state index contributed by atoms with van der Waals surface area (Å²) in [6.45, 7) is 3.02. The van der Waals surface area contributed by atoms with Gasteiger partial charge < -0.3 is 14.5 Å². The minimum atomic E-state index is -0.863. The Morgan fingerprint density at radius 3 is 2.39 bits per heavy atom. The Hall–Kier alpha value is -3.22. The predicted molar refractivity (Wildman–Crippen MR) is 113 cm³/mol. The maximum Gasteiger partial charge on any atom is 0.309 e. The van der Waals surface area contributed by atoms with E-state index in [0.717, 1.165) is 17.7 Å². The first-order valence-electron chi connectivity index (χ1n) is 10.6. The zero-order valence-corrected chi connectivity index (χ0v) is 17.4. The van der Waals surface area contributed by atoms with E-state index in [9.17, 15) is 18.8 Å². The van der Waals surface area contributed by atoms with Crippen LogP contribution in [0.1, 0.15) is 35.7 Å². The normalized spacial score (nSPS) is 17.2.